The summed E-state index contributed by atoms with van der Waals surface area (Å²) in [6, 6.07) is 3.46. The Bertz CT molecular complexity index is 368. The molecular weight excluding hydrogens is 180 g/mol. The minimum atomic E-state index is -0.667. The predicted molar refractivity (Wildman–Crippen MR) is 51.7 cm³/mol. The average Bonchev–Trinajstić information content (AvgIpc) is 2.47. The number of nitrogens with one attached hydrogen (secondary N) is 1. The van der Waals surface area contributed by atoms with Crippen LogP contribution in [0.2, 0.25) is 0 Å². The van der Waals surface area contributed by atoms with Crippen LogP contribution < -0.4 is 5.32 Å². The molecule has 0 aromatic carbocycles. The summed E-state index contributed by atoms with van der Waals surface area (Å²) in [6.45, 7) is 4.13. The molecule has 76 valence electrons. The second kappa shape index (κ2) is 3.13. The smallest absolute Gasteiger partial charge is 0.246 e. The third-order valence-electron chi connectivity index (χ3n) is 2.65. The second-order valence-electron chi connectivity index (χ2n) is 3.74. The van der Waals surface area contributed by atoms with Gasteiger partial charge in [0, 0.05) is 11.4 Å². The summed E-state index contributed by atoms with van der Waals surface area (Å²) >= 11 is 0. The molecule has 0 fully saturated rings. The summed E-state index contributed by atoms with van der Waals surface area (Å²) in [4.78, 5) is 11.6. The maximum atomic E-state index is 11.6. The second-order valence-corrected chi connectivity index (χ2v) is 3.74. The minimum absolute atomic E-state index is 0.105. The number of hydrogen-bond acceptors (Lipinski definition) is 2. The third kappa shape index (κ3) is 1.23. The van der Waals surface area contributed by atoms with Crippen molar-refractivity contribution in [3.8, 4) is 0 Å². The zero-order valence-corrected chi connectivity index (χ0v) is 8.32. The molecule has 0 spiro atoms. The summed E-state index contributed by atoms with van der Waals surface area (Å²) in [5.41, 5.74) is 2.06. The lowest BCUT2D eigenvalue weighted by Crippen LogP contribution is -2.43. The molecule has 1 aromatic heterocycles. The van der Waals surface area contributed by atoms with Gasteiger partial charge < -0.3 is 15.0 Å². The third-order valence-corrected chi connectivity index (χ3v) is 2.65. The first kappa shape index (κ1) is 9.27. The Balaban J connectivity index is 2.50. The Morgan fingerprint density at radius 3 is 3.00 bits per heavy atom. The first-order valence-electron chi connectivity index (χ1n) is 4.73. The summed E-state index contributed by atoms with van der Waals surface area (Å²) < 4.78 is 1.91. The van der Waals surface area contributed by atoms with Gasteiger partial charge in [0.05, 0.1) is 12.6 Å². The number of aliphatic hydroxyl groups excluding tert-OH is 1. The van der Waals surface area contributed by atoms with Gasteiger partial charge in [0.1, 0.15) is 6.04 Å². The lowest BCUT2D eigenvalue weighted by molar-refractivity contribution is -0.128. The van der Waals surface area contributed by atoms with Gasteiger partial charge in [0.2, 0.25) is 5.91 Å². The van der Waals surface area contributed by atoms with E-state index in [0.717, 1.165) is 11.4 Å². The van der Waals surface area contributed by atoms with Crippen molar-refractivity contribution in [2.24, 2.45) is 0 Å². The monoisotopic (exact) mass is 194 g/mol. The van der Waals surface area contributed by atoms with Gasteiger partial charge >= 0.3 is 0 Å². The van der Waals surface area contributed by atoms with Gasteiger partial charge in [-0.2, -0.15) is 0 Å². The number of fused-ring (bicyclic) bond motifs is 1. The lowest BCUT2D eigenvalue weighted by atomic mass is 10.1. The van der Waals surface area contributed by atoms with E-state index in [1.165, 1.54) is 0 Å². The molecule has 0 aliphatic carbocycles. The van der Waals surface area contributed by atoms with Gasteiger partial charge in [-0.1, -0.05) is 0 Å². The first-order chi connectivity index (χ1) is 6.61. The highest BCUT2D eigenvalue weighted by Crippen LogP contribution is 2.23. The van der Waals surface area contributed by atoms with Crippen molar-refractivity contribution in [3.05, 3.63) is 23.5 Å². The van der Waals surface area contributed by atoms with E-state index >= 15 is 0 Å². The number of carbonyl (C=O) groups excluding carboxylic acids is 1. The Labute approximate surface area is 82.5 Å². The fourth-order valence-electron chi connectivity index (χ4n) is 1.98. The van der Waals surface area contributed by atoms with Crippen LogP contribution in [0.15, 0.2) is 12.1 Å². The van der Waals surface area contributed by atoms with Gasteiger partial charge in [-0.05, 0) is 26.0 Å². The molecule has 1 aliphatic rings. The molecule has 0 bridgehead atoms. The van der Waals surface area contributed by atoms with Crippen LogP contribution in [0.25, 0.3) is 0 Å². The topological polar surface area (TPSA) is 54.3 Å². The van der Waals surface area contributed by atoms with Crippen molar-refractivity contribution in [1.82, 2.24) is 9.88 Å². The van der Waals surface area contributed by atoms with E-state index in [4.69, 9.17) is 0 Å². The van der Waals surface area contributed by atoms with Crippen LogP contribution >= 0.6 is 0 Å². The number of nitrogens with zero attached hydrogens (tertiary/aromatic N) is 1. The van der Waals surface area contributed by atoms with Gasteiger partial charge in [-0.3, -0.25) is 4.79 Å². The summed E-state index contributed by atoms with van der Waals surface area (Å²) in [5, 5.41) is 12.3. The Morgan fingerprint density at radius 2 is 2.36 bits per heavy atom. The summed E-state index contributed by atoms with van der Waals surface area (Å²) in [6.07, 6.45) is -0.667. The van der Waals surface area contributed by atoms with Crippen LogP contribution in [-0.4, -0.2) is 21.7 Å². The van der Waals surface area contributed by atoms with E-state index in [0.29, 0.717) is 6.54 Å². The van der Waals surface area contributed by atoms with Gasteiger partial charge in [0.15, 0.2) is 0 Å². The van der Waals surface area contributed by atoms with Crippen LogP contribution in [0.4, 0.5) is 0 Å². The molecule has 0 saturated heterocycles. The van der Waals surface area contributed by atoms with Crippen LogP contribution in [0.5, 0.6) is 0 Å². The SMILES string of the molecule is Cc1ccc2n1[C@@H](C(C)O)C(=O)NC2. The number of carbonyl (C=O) groups is 1. The molecule has 1 aliphatic heterocycles. The molecular formula is C10H14N2O2. The lowest BCUT2D eigenvalue weighted by Gasteiger charge is -2.29. The summed E-state index contributed by atoms with van der Waals surface area (Å²) in [7, 11) is 0. The van der Waals surface area contributed by atoms with Crippen LogP contribution in [-0.2, 0) is 11.3 Å². The van der Waals surface area contributed by atoms with E-state index in [1.807, 2.05) is 23.6 Å². The van der Waals surface area contributed by atoms with E-state index < -0.39 is 12.1 Å². The average molecular weight is 194 g/mol. The highest BCUT2D eigenvalue weighted by Gasteiger charge is 2.31. The van der Waals surface area contributed by atoms with E-state index in [2.05, 4.69) is 5.32 Å². The van der Waals surface area contributed by atoms with Crippen LogP contribution in [0.3, 0.4) is 0 Å². The molecule has 2 heterocycles. The highest BCUT2D eigenvalue weighted by atomic mass is 16.3. The number of hydrogen-bond donors (Lipinski definition) is 2. The molecule has 1 unspecified atom stereocenters. The molecule has 0 radical (unpaired) electrons. The van der Waals surface area contributed by atoms with Crippen molar-refractivity contribution >= 4 is 5.91 Å². The van der Waals surface area contributed by atoms with E-state index in [9.17, 15) is 9.90 Å². The largest absolute Gasteiger partial charge is 0.391 e. The molecule has 0 saturated carbocycles. The number of rotatable bonds is 1. The Hall–Kier alpha value is -1.29. The fraction of sp³-hybridized carbons (Fsp3) is 0.500. The van der Waals surface area contributed by atoms with Crippen molar-refractivity contribution < 1.29 is 9.90 Å². The van der Waals surface area contributed by atoms with E-state index in [-0.39, 0.29) is 5.91 Å². The maximum Gasteiger partial charge on any atom is 0.246 e. The van der Waals surface area contributed by atoms with Crippen LogP contribution in [0.1, 0.15) is 24.4 Å². The zero-order chi connectivity index (χ0) is 10.3. The number of aryl methyl sites for hydroxylation is 1. The van der Waals surface area contributed by atoms with Crippen LogP contribution in [0, 0.1) is 6.92 Å². The Morgan fingerprint density at radius 1 is 1.64 bits per heavy atom. The van der Waals surface area contributed by atoms with Gasteiger partial charge in [-0.15, -0.1) is 0 Å². The van der Waals surface area contributed by atoms with Gasteiger partial charge in [0.25, 0.3) is 0 Å². The van der Waals surface area contributed by atoms with Crippen molar-refractivity contribution in [2.45, 2.75) is 32.5 Å². The molecule has 2 atom stereocenters. The molecule has 14 heavy (non-hydrogen) atoms. The standard InChI is InChI=1S/C10H14N2O2/c1-6-3-4-8-5-11-10(14)9(7(2)13)12(6)8/h3-4,7,9,13H,5H2,1-2H3,(H,11,14)/t7?,9-/m0/s1. The molecule has 4 nitrogen and oxygen atoms in total. The fourth-order valence-corrected chi connectivity index (χ4v) is 1.98. The first-order valence-corrected chi connectivity index (χ1v) is 4.73. The maximum absolute atomic E-state index is 11.6. The molecule has 2 rings (SSSR count). The minimum Gasteiger partial charge on any atom is -0.391 e. The van der Waals surface area contributed by atoms with Gasteiger partial charge in [-0.25, -0.2) is 0 Å². The van der Waals surface area contributed by atoms with Crippen molar-refractivity contribution in [3.63, 3.8) is 0 Å². The number of aromatic nitrogens is 1. The van der Waals surface area contributed by atoms with E-state index in [1.54, 1.807) is 6.92 Å². The van der Waals surface area contributed by atoms with Crippen molar-refractivity contribution in [2.75, 3.05) is 0 Å². The number of aliphatic hydroxyl groups is 1. The zero-order valence-electron chi connectivity index (χ0n) is 8.32. The highest BCUT2D eigenvalue weighted by molar-refractivity contribution is 5.82. The molecule has 1 aromatic rings. The molecule has 2 N–H and O–H groups in total. The Kier molecular flexibility index (Phi) is 2.07. The normalized spacial score (nSPS) is 22.8. The summed E-state index contributed by atoms with van der Waals surface area (Å²) in [5.74, 6) is -0.105. The predicted octanol–water partition coefficient (Wildman–Crippen LogP) is 0.348. The van der Waals surface area contributed by atoms with Crippen molar-refractivity contribution in [1.29, 1.82) is 0 Å². The molecule has 1 amide bonds. The molecule has 4 heteroatoms. The number of amides is 1. The quantitative estimate of drug-likeness (QED) is 0.677.